The molecule has 0 spiro atoms. The van der Waals surface area contributed by atoms with Gasteiger partial charge in [0.25, 0.3) is 0 Å². The molecule has 2 aliphatic rings. The number of ether oxygens (including phenoxy) is 1. The summed E-state index contributed by atoms with van der Waals surface area (Å²) >= 11 is 0. The van der Waals surface area contributed by atoms with Gasteiger partial charge in [-0.05, 0) is 18.8 Å². The van der Waals surface area contributed by atoms with Crippen LogP contribution in [0, 0.1) is 11.8 Å². The Labute approximate surface area is 93.0 Å². The third-order valence-corrected chi connectivity index (χ3v) is 4.06. The Morgan fingerprint density at radius 2 is 1.80 bits per heavy atom. The third kappa shape index (κ3) is 3.46. The predicted octanol–water partition coefficient (Wildman–Crippen LogP) is 2.74. The molecule has 1 aliphatic heterocycles. The lowest BCUT2D eigenvalue weighted by Gasteiger charge is -2.22. The molecule has 1 heterocycles. The van der Waals surface area contributed by atoms with Crippen molar-refractivity contribution in [2.45, 2.75) is 57.5 Å². The van der Waals surface area contributed by atoms with Crippen LogP contribution in [0.15, 0.2) is 0 Å². The van der Waals surface area contributed by atoms with Gasteiger partial charge in [0.05, 0.1) is 12.7 Å². The molecule has 1 aliphatic carbocycles. The highest BCUT2D eigenvalue weighted by atomic mass is 16.5. The summed E-state index contributed by atoms with van der Waals surface area (Å²) in [6.45, 7) is 1.64. The normalized spacial score (nSPS) is 31.4. The monoisotopic (exact) mass is 212 g/mol. The third-order valence-electron chi connectivity index (χ3n) is 4.06. The Morgan fingerprint density at radius 1 is 1.07 bits per heavy atom. The van der Waals surface area contributed by atoms with Crippen molar-refractivity contribution >= 4 is 0 Å². The Balaban J connectivity index is 1.73. The summed E-state index contributed by atoms with van der Waals surface area (Å²) in [5, 5.41) is 10.1. The van der Waals surface area contributed by atoms with E-state index >= 15 is 0 Å². The van der Waals surface area contributed by atoms with Gasteiger partial charge in [0, 0.05) is 12.5 Å². The molecular weight excluding hydrogens is 188 g/mol. The van der Waals surface area contributed by atoms with Crippen molar-refractivity contribution in [1.82, 2.24) is 0 Å². The van der Waals surface area contributed by atoms with Crippen LogP contribution in [0.2, 0.25) is 0 Å². The van der Waals surface area contributed by atoms with Gasteiger partial charge in [-0.1, -0.05) is 38.5 Å². The van der Waals surface area contributed by atoms with Crippen molar-refractivity contribution in [2.75, 3.05) is 13.2 Å². The van der Waals surface area contributed by atoms with Crippen molar-refractivity contribution in [3.63, 3.8) is 0 Å². The maximum absolute atomic E-state index is 10.1. The molecule has 1 N–H and O–H groups in total. The Kier molecular flexibility index (Phi) is 4.45. The first-order valence-corrected chi connectivity index (χ1v) is 6.62. The molecule has 2 nitrogen and oxygen atoms in total. The van der Waals surface area contributed by atoms with Crippen molar-refractivity contribution in [3.05, 3.63) is 0 Å². The molecule has 15 heavy (non-hydrogen) atoms. The zero-order chi connectivity index (χ0) is 10.5. The standard InChI is InChI=1S/C13H24O2/c14-13(12-7-8-15-10-12)9-11-5-3-1-2-4-6-11/h11-14H,1-10H2. The number of rotatable bonds is 3. The number of aliphatic hydroxyl groups excluding tert-OH is 1. The molecular formula is C13H24O2. The van der Waals surface area contributed by atoms with Gasteiger partial charge < -0.3 is 9.84 Å². The molecule has 0 bridgehead atoms. The highest BCUT2D eigenvalue weighted by Crippen LogP contribution is 2.29. The molecule has 0 aromatic carbocycles. The maximum atomic E-state index is 10.1. The average molecular weight is 212 g/mol. The molecule has 2 rings (SSSR count). The van der Waals surface area contributed by atoms with Crippen LogP contribution in [0.3, 0.4) is 0 Å². The van der Waals surface area contributed by atoms with Crippen LogP contribution in [0.5, 0.6) is 0 Å². The van der Waals surface area contributed by atoms with Gasteiger partial charge in [-0.2, -0.15) is 0 Å². The summed E-state index contributed by atoms with van der Waals surface area (Å²) in [5.41, 5.74) is 0. The van der Waals surface area contributed by atoms with Crippen molar-refractivity contribution < 1.29 is 9.84 Å². The summed E-state index contributed by atoms with van der Waals surface area (Å²) in [5.74, 6) is 1.20. The Hall–Kier alpha value is -0.0800. The van der Waals surface area contributed by atoms with Crippen LogP contribution in [0.4, 0.5) is 0 Å². The van der Waals surface area contributed by atoms with E-state index in [2.05, 4.69) is 0 Å². The average Bonchev–Trinajstić information content (AvgIpc) is 2.65. The van der Waals surface area contributed by atoms with E-state index in [9.17, 15) is 5.11 Å². The van der Waals surface area contributed by atoms with Crippen LogP contribution in [-0.4, -0.2) is 24.4 Å². The van der Waals surface area contributed by atoms with Crippen molar-refractivity contribution in [3.8, 4) is 0 Å². The molecule has 0 radical (unpaired) electrons. The van der Waals surface area contributed by atoms with Gasteiger partial charge in [0.1, 0.15) is 0 Å². The van der Waals surface area contributed by atoms with Gasteiger partial charge in [-0.15, -0.1) is 0 Å². The SMILES string of the molecule is OC(CC1CCCCCC1)C1CCOC1. The lowest BCUT2D eigenvalue weighted by molar-refractivity contribution is 0.0683. The largest absolute Gasteiger partial charge is 0.393 e. The molecule has 0 aromatic rings. The summed E-state index contributed by atoms with van der Waals surface area (Å²) in [4.78, 5) is 0. The topological polar surface area (TPSA) is 29.5 Å². The molecule has 1 saturated heterocycles. The number of hydrogen-bond donors (Lipinski definition) is 1. The summed E-state index contributed by atoms with van der Waals surface area (Å²) in [6.07, 6.45) is 10.2. The Morgan fingerprint density at radius 3 is 2.40 bits per heavy atom. The zero-order valence-electron chi connectivity index (χ0n) is 9.66. The highest BCUT2D eigenvalue weighted by molar-refractivity contribution is 4.76. The lowest BCUT2D eigenvalue weighted by atomic mass is 9.88. The van der Waals surface area contributed by atoms with Gasteiger partial charge in [0.2, 0.25) is 0 Å². The maximum Gasteiger partial charge on any atom is 0.0593 e. The predicted molar refractivity (Wildman–Crippen MR) is 60.7 cm³/mol. The van der Waals surface area contributed by atoms with Crippen LogP contribution >= 0.6 is 0 Å². The van der Waals surface area contributed by atoms with E-state index in [1.54, 1.807) is 0 Å². The summed E-state index contributed by atoms with van der Waals surface area (Å²) in [7, 11) is 0. The fraction of sp³-hybridized carbons (Fsp3) is 1.00. The minimum absolute atomic E-state index is 0.101. The number of aliphatic hydroxyl groups is 1. The quantitative estimate of drug-likeness (QED) is 0.729. The molecule has 1 saturated carbocycles. The zero-order valence-corrected chi connectivity index (χ0v) is 9.66. The molecule has 0 amide bonds. The molecule has 0 aromatic heterocycles. The van der Waals surface area contributed by atoms with E-state index in [1.807, 2.05) is 0 Å². The van der Waals surface area contributed by atoms with E-state index in [0.717, 1.165) is 32.0 Å². The first-order valence-electron chi connectivity index (χ1n) is 6.62. The molecule has 2 atom stereocenters. The van der Waals surface area contributed by atoms with E-state index in [-0.39, 0.29) is 6.10 Å². The van der Waals surface area contributed by atoms with Gasteiger partial charge >= 0.3 is 0 Å². The molecule has 2 unspecified atom stereocenters. The molecule has 2 fully saturated rings. The first-order chi connectivity index (χ1) is 7.36. The smallest absolute Gasteiger partial charge is 0.0593 e. The molecule has 88 valence electrons. The van der Waals surface area contributed by atoms with Crippen LogP contribution in [-0.2, 0) is 4.74 Å². The van der Waals surface area contributed by atoms with E-state index in [4.69, 9.17) is 4.74 Å². The minimum atomic E-state index is -0.101. The van der Waals surface area contributed by atoms with Crippen LogP contribution in [0.1, 0.15) is 51.4 Å². The second-order valence-electron chi connectivity index (χ2n) is 5.28. The van der Waals surface area contributed by atoms with Crippen molar-refractivity contribution in [2.24, 2.45) is 11.8 Å². The van der Waals surface area contributed by atoms with Gasteiger partial charge in [-0.3, -0.25) is 0 Å². The van der Waals surface area contributed by atoms with Gasteiger partial charge in [-0.25, -0.2) is 0 Å². The van der Waals surface area contributed by atoms with Gasteiger partial charge in [0.15, 0.2) is 0 Å². The highest BCUT2D eigenvalue weighted by Gasteiger charge is 2.26. The first kappa shape index (κ1) is 11.4. The fourth-order valence-electron chi connectivity index (χ4n) is 2.99. The van der Waals surface area contributed by atoms with Crippen LogP contribution < -0.4 is 0 Å². The number of hydrogen-bond acceptors (Lipinski definition) is 2. The second kappa shape index (κ2) is 5.86. The second-order valence-corrected chi connectivity index (χ2v) is 5.28. The fourth-order valence-corrected chi connectivity index (χ4v) is 2.99. The van der Waals surface area contributed by atoms with E-state index in [0.29, 0.717) is 5.92 Å². The van der Waals surface area contributed by atoms with Crippen LogP contribution in [0.25, 0.3) is 0 Å². The summed E-state index contributed by atoms with van der Waals surface area (Å²) in [6, 6.07) is 0. The minimum Gasteiger partial charge on any atom is -0.393 e. The van der Waals surface area contributed by atoms with E-state index in [1.165, 1.54) is 38.5 Å². The van der Waals surface area contributed by atoms with Crippen molar-refractivity contribution in [1.29, 1.82) is 0 Å². The lowest BCUT2D eigenvalue weighted by Crippen LogP contribution is -2.23. The molecule has 2 heteroatoms. The van der Waals surface area contributed by atoms with E-state index < -0.39 is 0 Å². The Bertz CT molecular complexity index is 167. The summed E-state index contributed by atoms with van der Waals surface area (Å²) < 4.78 is 5.33.